The van der Waals surface area contributed by atoms with Crippen LogP contribution < -0.4 is 10.6 Å². The van der Waals surface area contributed by atoms with E-state index in [0.29, 0.717) is 6.07 Å². The summed E-state index contributed by atoms with van der Waals surface area (Å²) in [7, 11) is 1.42. The zero-order valence-electron chi connectivity index (χ0n) is 9.50. The topological polar surface area (TPSA) is 84.3 Å². The highest BCUT2D eigenvalue weighted by Crippen LogP contribution is 2.28. The largest absolute Gasteiger partial charge is 0.376 e. The fourth-order valence-electron chi connectivity index (χ4n) is 1.29. The van der Waals surface area contributed by atoms with Gasteiger partial charge in [0, 0.05) is 26.1 Å². The van der Waals surface area contributed by atoms with Crippen LogP contribution in [0.1, 0.15) is 6.42 Å². The maximum absolute atomic E-state index is 13.4. The van der Waals surface area contributed by atoms with Crippen LogP contribution in [0.2, 0.25) is 0 Å². The highest BCUT2D eigenvalue weighted by molar-refractivity contribution is 5.76. The van der Waals surface area contributed by atoms with E-state index >= 15 is 0 Å². The van der Waals surface area contributed by atoms with Crippen LogP contribution in [0.25, 0.3) is 0 Å². The van der Waals surface area contributed by atoms with Gasteiger partial charge in [0.1, 0.15) is 0 Å². The minimum atomic E-state index is -1.33. The summed E-state index contributed by atoms with van der Waals surface area (Å²) in [5.74, 6) is -2.84. The highest BCUT2D eigenvalue weighted by atomic mass is 19.2. The number of hydrogen-bond donors (Lipinski definition) is 2. The van der Waals surface area contributed by atoms with Crippen molar-refractivity contribution in [3.8, 4) is 0 Å². The first kappa shape index (κ1) is 13.8. The summed E-state index contributed by atoms with van der Waals surface area (Å²) in [4.78, 5) is 20.7. The molecule has 0 saturated carbocycles. The summed E-state index contributed by atoms with van der Waals surface area (Å²) in [6.45, 7) is -0.0408. The third-order valence-corrected chi connectivity index (χ3v) is 2.20. The molecule has 0 spiro atoms. The first-order valence-electron chi connectivity index (χ1n) is 5.04. The second-order valence-electron chi connectivity index (χ2n) is 3.36. The van der Waals surface area contributed by atoms with Gasteiger partial charge >= 0.3 is 0 Å². The summed E-state index contributed by atoms with van der Waals surface area (Å²) in [5, 5.41) is 15.3. The van der Waals surface area contributed by atoms with Crippen molar-refractivity contribution < 1.29 is 18.5 Å². The molecule has 2 N–H and O–H groups in total. The van der Waals surface area contributed by atoms with Gasteiger partial charge in [-0.25, -0.2) is 8.78 Å². The lowest BCUT2D eigenvalue weighted by Crippen LogP contribution is -2.21. The Morgan fingerprint density at radius 3 is 2.67 bits per heavy atom. The Balaban J connectivity index is 2.89. The van der Waals surface area contributed by atoms with Crippen LogP contribution in [0.3, 0.4) is 0 Å². The van der Waals surface area contributed by atoms with Crippen LogP contribution in [-0.4, -0.2) is 24.4 Å². The average Bonchev–Trinajstić information content (AvgIpc) is 2.33. The van der Waals surface area contributed by atoms with Crippen LogP contribution in [0.5, 0.6) is 0 Å². The van der Waals surface area contributed by atoms with Gasteiger partial charge in [0.05, 0.1) is 4.92 Å². The molecule has 6 nitrogen and oxygen atoms in total. The summed E-state index contributed by atoms with van der Waals surface area (Å²) in [6, 6.07) is 1.54. The molecule has 8 heteroatoms. The number of carbonyl (C=O) groups excluding carboxylic acids is 1. The summed E-state index contributed by atoms with van der Waals surface area (Å²) in [5.41, 5.74) is -1.13. The van der Waals surface area contributed by atoms with E-state index in [4.69, 9.17) is 0 Å². The zero-order chi connectivity index (χ0) is 13.7. The van der Waals surface area contributed by atoms with E-state index in [1.54, 1.807) is 0 Å². The molecule has 0 aliphatic heterocycles. The zero-order valence-corrected chi connectivity index (χ0v) is 9.50. The van der Waals surface area contributed by atoms with Crippen LogP contribution in [0, 0.1) is 21.7 Å². The van der Waals surface area contributed by atoms with E-state index in [-0.39, 0.29) is 18.9 Å². The Morgan fingerprint density at radius 1 is 1.44 bits per heavy atom. The number of hydrogen-bond acceptors (Lipinski definition) is 4. The molecule has 98 valence electrons. The molecule has 18 heavy (non-hydrogen) atoms. The smallest absolute Gasteiger partial charge is 0.295 e. The molecular weight excluding hydrogens is 248 g/mol. The number of amides is 1. The molecule has 0 saturated heterocycles. The Bertz CT molecular complexity index is 480. The Hall–Kier alpha value is -2.25. The number of halogens is 2. The molecule has 0 fully saturated rings. The van der Waals surface area contributed by atoms with Crippen molar-refractivity contribution in [2.45, 2.75) is 6.42 Å². The summed E-state index contributed by atoms with van der Waals surface area (Å²) < 4.78 is 26.3. The highest BCUT2D eigenvalue weighted by Gasteiger charge is 2.21. The van der Waals surface area contributed by atoms with Crippen molar-refractivity contribution in [1.82, 2.24) is 5.32 Å². The maximum Gasteiger partial charge on any atom is 0.295 e. The van der Waals surface area contributed by atoms with E-state index in [9.17, 15) is 23.7 Å². The number of nitrogens with zero attached hydrogens (tertiary/aromatic N) is 1. The van der Waals surface area contributed by atoms with Gasteiger partial charge in [0.15, 0.2) is 17.3 Å². The fourth-order valence-corrected chi connectivity index (χ4v) is 1.29. The Labute approximate surface area is 101 Å². The molecule has 1 amide bonds. The average molecular weight is 259 g/mol. The molecule has 0 heterocycles. The van der Waals surface area contributed by atoms with E-state index in [1.165, 1.54) is 7.05 Å². The van der Waals surface area contributed by atoms with E-state index in [0.717, 1.165) is 6.07 Å². The molecule has 0 aliphatic carbocycles. The van der Waals surface area contributed by atoms with Crippen molar-refractivity contribution in [3.63, 3.8) is 0 Å². The van der Waals surface area contributed by atoms with Crippen LogP contribution in [-0.2, 0) is 4.79 Å². The van der Waals surface area contributed by atoms with Crippen LogP contribution >= 0.6 is 0 Å². The molecule has 0 unspecified atom stereocenters. The molecule has 0 bridgehead atoms. The monoisotopic (exact) mass is 259 g/mol. The predicted octanol–water partition coefficient (Wildman–Crippen LogP) is 1.42. The van der Waals surface area contributed by atoms with Gasteiger partial charge in [-0.2, -0.15) is 0 Å². The van der Waals surface area contributed by atoms with E-state index in [2.05, 4.69) is 10.6 Å². The second-order valence-corrected chi connectivity index (χ2v) is 3.36. The minimum Gasteiger partial charge on any atom is -0.376 e. The number of rotatable bonds is 5. The fraction of sp³-hybridized carbons (Fsp3) is 0.300. The lowest BCUT2D eigenvalue weighted by Gasteiger charge is -2.08. The molecule has 0 radical (unpaired) electrons. The molecule has 1 aromatic rings. The van der Waals surface area contributed by atoms with Crippen molar-refractivity contribution >= 4 is 17.3 Å². The first-order chi connectivity index (χ1) is 8.47. The van der Waals surface area contributed by atoms with Gasteiger partial charge in [-0.05, 0) is 6.07 Å². The van der Waals surface area contributed by atoms with Crippen molar-refractivity contribution in [2.75, 3.05) is 18.9 Å². The van der Waals surface area contributed by atoms with Gasteiger partial charge in [0.25, 0.3) is 5.69 Å². The Kier molecular flexibility index (Phi) is 4.52. The molecule has 1 rings (SSSR count). The van der Waals surface area contributed by atoms with Crippen LogP contribution in [0.4, 0.5) is 20.2 Å². The molecule has 0 aliphatic rings. The van der Waals surface area contributed by atoms with Crippen molar-refractivity contribution in [1.29, 1.82) is 0 Å². The first-order valence-corrected chi connectivity index (χ1v) is 5.04. The van der Waals surface area contributed by atoms with Crippen molar-refractivity contribution in [3.05, 3.63) is 33.9 Å². The van der Waals surface area contributed by atoms with Gasteiger partial charge in [-0.15, -0.1) is 0 Å². The lowest BCUT2D eigenvalue weighted by atomic mass is 10.2. The standard InChI is InChI=1S/C10H11F2N3O3/c1-13-8(16)4-5-14-10-7(15(17)18)3-2-6(11)9(10)12/h2-3,14H,4-5H2,1H3,(H,13,16). The molecule has 0 atom stereocenters. The van der Waals surface area contributed by atoms with Gasteiger partial charge in [0.2, 0.25) is 5.91 Å². The van der Waals surface area contributed by atoms with Gasteiger partial charge in [-0.1, -0.05) is 0 Å². The lowest BCUT2D eigenvalue weighted by molar-refractivity contribution is -0.384. The number of nitro benzene ring substituents is 1. The molecule has 0 aromatic heterocycles. The second kappa shape index (κ2) is 5.89. The number of carbonyl (C=O) groups is 1. The maximum atomic E-state index is 13.4. The number of nitro groups is 1. The van der Waals surface area contributed by atoms with Crippen LogP contribution in [0.15, 0.2) is 12.1 Å². The molecule has 1 aromatic carbocycles. The number of anilines is 1. The summed E-state index contributed by atoms with van der Waals surface area (Å²) >= 11 is 0. The van der Waals surface area contributed by atoms with Crippen molar-refractivity contribution in [2.24, 2.45) is 0 Å². The van der Waals surface area contributed by atoms with E-state index in [1.807, 2.05) is 0 Å². The minimum absolute atomic E-state index is 0.0103. The summed E-state index contributed by atoms with van der Waals surface area (Å²) in [6.07, 6.45) is -0.0103. The van der Waals surface area contributed by atoms with E-state index < -0.39 is 27.9 Å². The normalized spacial score (nSPS) is 9.94. The van der Waals surface area contributed by atoms with Gasteiger partial charge in [-0.3, -0.25) is 14.9 Å². The number of nitrogens with one attached hydrogen (secondary N) is 2. The molecular formula is C10H11F2N3O3. The number of benzene rings is 1. The Morgan fingerprint density at radius 2 is 2.11 bits per heavy atom. The SMILES string of the molecule is CNC(=O)CCNc1c([N+](=O)[O-])ccc(F)c1F. The third kappa shape index (κ3) is 3.12. The predicted molar refractivity (Wildman–Crippen MR) is 60.2 cm³/mol. The van der Waals surface area contributed by atoms with Gasteiger partial charge < -0.3 is 10.6 Å². The quantitative estimate of drug-likeness (QED) is 0.618. The third-order valence-electron chi connectivity index (χ3n) is 2.20.